The molecule has 0 unspecified atom stereocenters. The smallest absolute Gasteiger partial charge is 0.243 e. The van der Waals surface area contributed by atoms with Gasteiger partial charge in [0, 0.05) is 36.5 Å². The molecule has 1 saturated heterocycles. The molecule has 9 amide bonds. The lowest BCUT2D eigenvalue weighted by molar-refractivity contribution is -0.136. The predicted molar refractivity (Wildman–Crippen MR) is 315 cm³/mol. The Morgan fingerprint density at radius 1 is 0.590 bits per heavy atom. The number of aromatic amines is 1. The molecule has 2 fully saturated rings. The SMILES string of the molecule is CCCCCCC[C@@H](O)CC(=O)N[C@H](CCN)C(=O)N[C@H]1CCNC(=O)[C@H](Cc2c[nH]c3ccccc23)NC(=O)[C@H](CCN)NC(=O)[C@H](CCN)NC(=O)[C@H](CC2CCCCC2)NC(=O)[C@@H](Cc2ccccc2)NC(=O)[C@H](CCN)NC1=O. The highest BCUT2D eigenvalue weighted by atomic mass is 16.3. The quantitative estimate of drug-likeness (QED) is 0.0490. The van der Waals surface area contributed by atoms with Gasteiger partial charge in [0.25, 0.3) is 0 Å². The van der Waals surface area contributed by atoms with Gasteiger partial charge >= 0.3 is 0 Å². The number of carbonyl (C=O) groups excluding carboxylic acids is 9. The van der Waals surface area contributed by atoms with Gasteiger partial charge < -0.3 is 80.9 Å². The third-order valence-electron chi connectivity index (χ3n) is 15.4. The van der Waals surface area contributed by atoms with E-state index in [1.807, 2.05) is 24.3 Å². The van der Waals surface area contributed by atoms with Crippen LogP contribution in [0.2, 0.25) is 0 Å². The summed E-state index contributed by atoms with van der Waals surface area (Å²) in [6, 6.07) is 5.60. The summed E-state index contributed by atoms with van der Waals surface area (Å²) in [5, 5.41) is 36.2. The van der Waals surface area contributed by atoms with Gasteiger partial charge in [-0.3, -0.25) is 43.2 Å². The van der Waals surface area contributed by atoms with Crippen molar-refractivity contribution in [3.63, 3.8) is 0 Å². The van der Waals surface area contributed by atoms with Gasteiger partial charge in [-0.05, 0) is 94.2 Å². The summed E-state index contributed by atoms with van der Waals surface area (Å²) >= 11 is 0. The molecule has 3 aromatic rings. The van der Waals surface area contributed by atoms with Crippen molar-refractivity contribution in [3.8, 4) is 0 Å². The van der Waals surface area contributed by atoms with Crippen molar-refractivity contribution in [2.75, 3.05) is 32.7 Å². The summed E-state index contributed by atoms with van der Waals surface area (Å²) in [5.41, 5.74) is 26.1. The lowest BCUT2D eigenvalue weighted by atomic mass is 9.84. The van der Waals surface area contributed by atoms with Crippen molar-refractivity contribution in [1.29, 1.82) is 0 Å². The lowest BCUT2D eigenvalue weighted by Gasteiger charge is -2.30. The fourth-order valence-corrected chi connectivity index (χ4v) is 10.7. The fourth-order valence-electron chi connectivity index (χ4n) is 10.7. The van der Waals surface area contributed by atoms with Crippen molar-refractivity contribution >= 4 is 64.1 Å². The third-order valence-corrected chi connectivity index (χ3v) is 15.4. The zero-order valence-corrected chi connectivity index (χ0v) is 48.2. The van der Waals surface area contributed by atoms with Crippen LogP contribution in [0.5, 0.6) is 0 Å². The number of hydrogen-bond donors (Lipinski definition) is 15. The summed E-state index contributed by atoms with van der Waals surface area (Å²) in [6.07, 6.45) is 9.49. The second-order valence-electron chi connectivity index (χ2n) is 22.0. The Kier molecular flexibility index (Phi) is 28.9. The first kappa shape index (κ1) is 66.8. The standard InChI is InChI=1S/C59H92N14O10/c1-2-3-4-5-12-19-40(74)35-51(75)66-43(22-27-60)53(77)70-47-26-31-64-52(76)50(34-39-36-65-42-21-14-13-20-41(39)42)73-56(80)46(25-30-63)67-54(78)44(23-28-61)69-58(82)48(32-37-15-8-6-9-16-37)72-59(83)49(33-38-17-10-7-11-18-38)71-55(79)45(24-29-62)68-57(47)81/h7,10-11,13-14,17-18,20-21,36-37,40,43-50,65,74H,2-6,8-9,12,15-16,19,22-35,60-63H2,1H3,(H,64,76)(H,66,75)(H,67,78)(H,68,81)(H,69,82)(H,70,77)(H,71,79)(H,72,83)(H,73,80)/t40-,43-,44+,45+,46+,47+,48+,49-,50+/m1/s1. The van der Waals surface area contributed by atoms with E-state index in [0.717, 1.165) is 75.1 Å². The molecule has 2 heterocycles. The van der Waals surface area contributed by atoms with Gasteiger partial charge in [-0.25, -0.2) is 0 Å². The molecule has 0 radical (unpaired) electrons. The Balaban J connectivity index is 1.53. The molecular weight excluding hydrogens is 1060 g/mol. The van der Waals surface area contributed by atoms with E-state index in [2.05, 4.69) is 59.8 Å². The molecule has 1 aliphatic carbocycles. The van der Waals surface area contributed by atoms with Gasteiger partial charge in [0.15, 0.2) is 0 Å². The molecule has 5 rings (SSSR count). The van der Waals surface area contributed by atoms with Crippen molar-refractivity contribution in [2.24, 2.45) is 28.9 Å². The number of unbranched alkanes of at least 4 members (excludes halogenated alkanes) is 4. The molecule has 2 aliphatic rings. The normalized spacial score (nSPS) is 23.1. The Morgan fingerprint density at radius 3 is 1.75 bits per heavy atom. The molecule has 83 heavy (non-hydrogen) atoms. The van der Waals surface area contributed by atoms with Crippen LogP contribution in [-0.4, -0.2) is 150 Å². The molecule has 24 nitrogen and oxygen atoms in total. The number of fused-ring (bicyclic) bond motifs is 1. The van der Waals surface area contributed by atoms with Crippen LogP contribution < -0.4 is 70.8 Å². The number of aliphatic hydroxyl groups excluding tert-OH is 1. The number of nitrogens with one attached hydrogen (secondary N) is 10. The number of carbonyl (C=O) groups is 9. The van der Waals surface area contributed by atoms with Crippen LogP contribution in [0.4, 0.5) is 0 Å². The minimum absolute atomic E-state index is 0.0284. The van der Waals surface area contributed by atoms with E-state index >= 15 is 0 Å². The van der Waals surface area contributed by atoms with Crippen LogP contribution in [0.1, 0.15) is 134 Å². The molecule has 24 heteroatoms. The van der Waals surface area contributed by atoms with Gasteiger partial charge in [0.1, 0.15) is 48.3 Å². The number of hydrogen-bond acceptors (Lipinski definition) is 14. The molecule has 19 N–H and O–H groups in total. The van der Waals surface area contributed by atoms with Crippen LogP contribution in [0.3, 0.4) is 0 Å². The number of nitrogens with two attached hydrogens (primary N) is 4. The largest absolute Gasteiger partial charge is 0.393 e. The first-order valence-corrected chi connectivity index (χ1v) is 29.8. The summed E-state index contributed by atoms with van der Waals surface area (Å²) in [7, 11) is 0. The van der Waals surface area contributed by atoms with E-state index < -0.39 is 108 Å². The maximum atomic E-state index is 14.7. The van der Waals surface area contributed by atoms with Gasteiger partial charge in [0.05, 0.1) is 12.5 Å². The number of aromatic nitrogens is 1. The Labute approximate surface area is 486 Å². The van der Waals surface area contributed by atoms with E-state index in [4.69, 9.17) is 22.9 Å². The van der Waals surface area contributed by atoms with Crippen LogP contribution in [0.15, 0.2) is 60.8 Å². The second kappa shape index (κ2) is 35.9. The van der Waals surface area contributed by atoms with Crippen LogP contribution >= 0.6 is 0 Å². The predicted octanol–water partition coefficient (Wildman–Crippen LogP) is -0.172. The summed E-state index contributed by atoms with van der Waals surface area (Å²) in [4.78, 5) is 132. The first-order valence-electron chi connectivity index (χ1n) is 29.8. The molecule has 458 valence electrons. The van der Waals surface area contributed by atoms with E-state index in [-0.39, 0.29) is 96.4 Å². The lowest BCUT2D eigenvalue weighted by Crippen LogP contribution is -2.61. The van der Waals surface area contributed by atoms with E-state index in [0.29, 0.717) is 17.5 Å². The monoisotopic (exact) mass is 1160 g/mol. The first-order chi connectivity index (χ1) is 40.1. The number of amides is 9. The number of benzene rings is 2. The minimum atomic E-state index is -1.50. The zero-order chi connectivity index (χ0) is 60.1. The van der Waals surface area contributed by atoms with Crippen LogP contribution in [0, 0.1) is 5.92 Å². The highest BCUT2D eigenvalue weighted by Crippen LogP contribution is 2.28. The Hall–Kier alpha value is -6.99. The number of H-pyrrole nitrogens is 1. The highest BCUT2D eigenvalue weighted by Gasteiger charge is 2.36. The van der Waals surface area contributed by atoms with Gasteiger partial charge in [-0.1, -0.05) is 120 Å². The fraction of sp³-hybridized carbons (Fsp3) is 0.610. The molecule has 9 atom stereocenters. The highest BCUT2D eigenvalue weighted by molar-refractivity contribution is 5.98. The molecule has 2 aromatic carbocycles. The second-order valence-corrected chi connectivity index (χ2v) is 22.0. The molecular formula is C59H92N14O10. The van der Waals surface area contributed by atoms with Gasteiger partial charge in [-0.2, -0.15) is 0 Å². The van der Waals surface area contributed by atoms with Crippen LogP contribution in [-0.2, 0) is 56.0 Å². The van der Waals surface area contributed by atoms with Crippen molar-refractivity contribution in [2.45, 2.75) is 190 Å². The molecule has 1 aromatic heterocycles. The Bertz CT molecular complexity index is 2560. The van der Waals surface area contributed by atoms with Crippen LogP contribution in [0.25, 0.3) is 10.9 Å². The maximum absolute atomic E-state index is 14.7. The molecule has 0 bridgehead atoms. The average Bonchev–Trinajstić information content (AvgIpc) is 3.96. The average molecular weight is 1160 g/mol. The Morgan fingerprint density at radius 2 is 1.13 bits per heavy atom. The zero-order valence-electron chi connectivity index (χ0n) is 48.2. The van der Waals surface area contributed by atoms with Crippen molar-refractivity contribution in [3.05, 3.63) is 71.9 Å². The van der Waals surface area contributed by atoms with Crippen molar-refractivity contribution in [1.82, 2.24) is 52.8 Å². The summed E-state index contributed by atoms with van der Waals surface area (Å²) in [5.74, 6) is -6.78. The number of rotatable bonds is 25. The number of aliphatic hydroxyl groups is 1. The van der Waals surface area contributed by atoms with Crippen molar-refractivity contribution < 1.29 is 48.3 Å². The summed E-state index contributed by atoms with van der Waals surface area (Å²) in [6.45, 7) is 1.51. The molecule has 1 aliphatic heterocycles. The summed E-state index contributed by atoms with van der Waals surface area (Å²) < 4.78 is 0. The molecule has 0 spiro atoms. The molecule has 1 saturated carbocycles. The third kappa shape index (κ3) is 22.3. The van der Waals surface area contributed by atoms with Gasteiger partial charge in [-0.15, -0.1) is 0 Å². The van der Waals surface area contributed by atoms with E-state index in [9.17, 15) is 48.3 Å². The maximum Gasteiger partial charge on any atom is 0.243 e. The van der Waals surface area contributed by atoms with Gasteiger partial charge in [0.2, 0.25) is 53.2 Å². The number of para-hydroxylation sites is 1. The van der Waals surface area contributed by atoms with E-state index in [1.54, 1.807) is 36.5 Å². The van der Waals surface area contributed by atoms with E-state index in [1.165, 1.54) is 0 Å². The topological polar surface area (TPSA) is 402 Å². The minimum Gasteiger partial charge on any atom is -0.393 e.